The number of hydrogen-bond acceptors (Lipinski definition) is 4. The molecule has 0 heterocycles. The molecule has 0 aliphatic rings. The van der Waals surface area contributed by atoms with Crippen molar-refractivity contribution in [2.24, 2.45) is 0 Å². The Hall–Kier alpha value is -2.56. The Morgan fingerprint density at radius 1 is 1.00 bits per heavy atom. The first-order valence-corrected chi connectivity index (χ1v) is 11.2. The number of methoxy groups -OCH3 is 1. The van der Waals surface area contributed by atoms with E-state index in [2.05, 4.69) is 0 Å². The van der Waals surface area contributed by atoms with Crippen molar-refractivity contribution in [1.82, 2.24) is 0 Å². The maximum atomic E-state index is 13.6. The average Bonchev–Trinajstić information content (AvgIpc) is 2.77. The molecule has 0 saturated carbocycles. The largest absolute Gasteiger partial charge is 0.468 e. The molecule has 0 aromatic heterocycles. The lowest BCUT2D eigenvalue weighted by Crippen LogP contribution is -2.40. The summed E-state index contributed by atoms with van der Waals surface area (Å²) in [7, 11) is 1.39. The standard InChI is InChI=1S/C26H25ClO3S/c1-18-12-14-23(15-13-18)31-26(25(29)30-3,21-9-5-4-6-10-21)24(16-19(2)28)20-8-7-11-22(27)17-20/h4-15,17,24H,16H2,1-3H3/t24-,26?/m0/s1. The molecule has 5 heteroatoms. The molecule has 0 spiro atoms. The van der Waals surface area contributed by atoms with Crippen LogP contribution in [0.3, 0.4) is 0 Å². The van der Waals surface area contributed by atoms with Crippen molar-refractivity contribution in [3.05, 3.63) is 101 Å². The highest BCUT2D eigenvalue weighted by molar-refractivity contribution is 8.01. The monoisotopic (exact) mass is 452 g/mol. The van der Waals surface area contributed by atoms with E-state index in [4.69, 9.17) is 16.3 Å². The highest BCUT2D eigenvalue weighted by Gasteiger charge is 2.50. The average molecular weight is 453 g/mol. The van der Waals surface area contributed by atoms with Gasteiger partial charge in [-0.1, -0.05) is 71.8 Å². The van der Waals surface area contributed by atoms with Gasteiger partial charge in [-0.2, -0.15) is 0 Å². The van der Waals surface area contributed by atoms with Crippen LogP contribution >= 0.6 is 23.4 Å². The van der Waals surface area contributed by atoms with E-state index in [1.54, 1.807) is 13.0 Å². The van der Waals surface area contributed by atoms with Crippen LogP contribution in [-0.2, 0) is 19.1 Å². The van der Waals surface area contributed by atoms with E-state index in [0.717, 1.165) is 21.6 Å². The molecule has 160 valence electrons. The van der Waals surface area contributed by atoms with Crippen molar-refractivity contribution in [3.8, 4) is 0 Å². The van der Waals surface area contributed by atoms with Gasteiger partial charge >= 0.3 is 5.97 Å². The van der Waals surface area contributed by atoms with Crippen molar-refractivity contribution in [1.29, 1.82) is 0 Å². The summed E-state index contributed by atoms with van der Waals surface area (Å²) >= 11 is 7.72. The van der Waals surface area contributed by atoms with Crippen LogP contribution in [0, 0.1) is 6.92 Å². The summed E-state index contributed by atoms with van der Waals surface area (Å²) in [5, 5.41) is 0.554. The normalized spacial score (nSPS) is 13.8. The Kier molecular flexibility index (Phi) is 7.58. The second kappa shape index (κ2) is 10.2. The van der Waals surface area contributed by atoms with Gasteiger partial charge in [0.1, 0.15) is 10.5 Å². The lowest BCUT2D eigenvalue weighted by Gasteiger charge is -2.38. The van der Waals surface area contributed by atoms with Crippen LogP contribution in [0.25, 0.3) is 0 Å². The van der Waals surface area contributed by atoms with Gasteiger partial charge in [-0.15, -0.1) is 11.8 Å². The second-order valence-corrected chi connectivity index (χ2v) is 9.28. The summed E-state index contributed by atoms with van der Waals surface area (Å²) in [6.45, 7) is 3.56. The molecular weight excluding hydrogens is 428 g/mol. The predicted molar refractivity (Wildman–Crippen MR) is 127 cm³/mol. The molecule has 0 aliphatic carbocycles. The lowest BCUT2D eigenvalue weighted by atomic mass is 9.77. The minimum Gasteiger partial charge on any atom is -0.468 e. The van der Waals surface area contributed by atoms with Crippen LogP contribution in [-0.4, -0.2) is 18.9 Å². The minimum absolute atomic E-state index is 0.0151. The number of rotatable bonds is 8. The number of halogens is 1. The zero-order valence-electron chi connectivity index (χ0n) is 17.8. The van der Waals surface area contributed by atoms with Crippen LogP contribution in [0.5, 0.6) is 0 Å². The molecule has 0 bridgehead atoms. The van der Waals surface area contributed by atoms with Gasteiger partial charge in [-0.3, -0.25) is 4.79 Å². The Morgan fingerprint density at radius 3 is 2.26 bits per heavy atom. The van der Waals surface area contributed by atoms with E-state index in [1.165, 1.54) is 18.9 Å². The van der Waals surface area contributed by atoms with Crippen LogP contribution in [0.2, 0.25) is 5.02 Å². The fourth-order valence-electron chi connectivity index (χ4n) is 3.77. The summed E-state index contributed by atoms with van der Waals surface area (Å²) in [5.74, 6) is -0.904. The Morgan fingerprint density at radius 2 is 1.68 bits per heavy atom. The quantitative estimate of drug-likeness (QED) is 0.286. The lowest BCUT2D eigenvalue weighted by molar-refractivity contribution is -0.144. The van der Waals surface area contributed by atoms with Gasteiger partial charge in [0, 0.05) is 22.3 Å². The summed E-state index contributed by atoms with van der Waals surface area (Å²) in [6.07, 6.45) is 0.170. The maximum Gasteiger partial charge on any atom is 0.327 e. The van der Waals surface area contributed by atoms with Crippen molar-refractivity contribution >= 4 is 35.1 Å². The Bertz CT molecular complexity index is 1050. The van der Waals surface area contributed by atoms with E-state index in [9.17, 15) is 9.59 Å². The molecule has 3 aromatic rings. The molecule has 0 fully saturated rings. The Labute approximate surface area is 192 Å². The number of esters is 1. The van der Waals surface area contributed by atoms with Crippen LogP contribution < -0.4 is 0 Å². The third-order valence-corrected chi connectivity index (χ3v) is 6.98. The molecule has 3 rings (SSSR count). The fraction of sp³-hybridized carbons (Fsp3) is 0.231. The van der Waals surface area contributed by atoms with Gasteiger partial charge in [0.05, 0.1) is 7.11 Å². The van der Waals surface area contributed by atoms with Crippen LogP contribution in [0.4, 0.5) is 0 Å². The molecule has 0 radical (unpaired) electrons. The molecule has 2 atom stereocenters. The van der Waals surface area contributed by atoms with Gasteiger partial charge in [-0.05, 0) is 49.2 Å². The first kappa shape index (κ1) is 23.1. The topological polar surface area (TPSA) is 43.4 Å². The summed E-state index contributed by atoms with van der Waals surface area (Å²) in [6, 6.07) is 24.9. The third-order valence-electron chi connectivity index (χ3n) is 5.22. The highest BCUT2D eigenvalue weighted by Crippen LogP contribution is 2.53. The van der Waals surface area contributed by atoms with E-state index < -0.39 is 16.6 Å². The highest BCUT2D eigenvalue weighted by atomic mass is 35.5. The number of carbonyl (C=O) groups is 2. The number of benzene rings is 3. The molecule has 3 nitrogen and oxygen atoms in total. The number of ketones is 1. The maximum absolute atomic E-state index is 13.6. The summed E-state index contributed by atoms with van der Waals surface area (Å²) < 4.78 is 4.20. The minimum atomic E-state index is -1.18. The van der Waals surface area contributed by atoms with Crippen molar-refractivity contribution in [2.75, 3.05) is 7.11 Å². The van der Waals surface area contributed by atoms with E-state index in [-0.39, 0.29) is 12.2 Å². The SMILES string of the molecule is COC(=O)C(Sc1ccc(C)cc1)(c1ccccc1)[C@@H](CC(C)=O)c1cccc(Cl)c1. The van der Waals surface area contributed by atoms with Gasteiger partial charge in [0.15, 0.2) is 0 Å². The first-order valence-electron chi connectivity index (χ1n) is 10.0. The molecule has 0 amide bonds. The summed E-state index contributed by atoms with van der Waals surface area (Å²) in [5.41, 5.74) is 2.72. The van der Waals surface area contributed by atoms with Crippen molar-refractivity contribution < 1.29 is 14.3 Å². The molecule has 0 saturated heterocycles. The van der Waals surface area contributed by atoms with Gasteiger partial charge in [0.25, 0.3) is 0 Å². The molecule has 0 N–H and O–H groups in total. The fourth-order valence-corrected chi connectivity index (χ4v) is 5.39. The first-order chi connectivity index (χ1) is 14.9. The number of carbonyl (C=O) groups excluding carboxylic acids is 2. The van der Waals surface area contributed by atoms with Crippen molar-refractivity contribution in [2.45, 2.75) is 35.8 Å². The number of Topliss-reactive ketones (excluding diaryl/α,β-unsaturated/α-hetero) is 1. The zero-order chi connectivity index (χ0) is 22.4. The molecule has 1 unspecified atom stereocenters. The number of aryl methyl sites for hydroxylation is 1. The molecular formula is C26H25ClO3S. The van der Waals surface area contributed by atoms with Crippen LogP contribution in [0.15, 0.2) is 83.8 Å². The molecule has 31 heavy (non-hydrogen) atoms. The van der Waals surface area contributed by atoms with E-state index >= 15 is 0 Å². The van der Waals surface area contributed by atoms with Crippen LogP contribution in [0.1, 0.15) is 36.0 Å². The van der Waals surface area contributed by atoms with E-state index in [0.29, 0.717) is 5.02 Å². The van der Waals surface area contributed by atoms with Gasteiger partial charge in [-0.25, -0.2) is 0 Å². The van der Waals surface area contributed by atoms with Gasteiger partial charge in [0.2, 0.25) is 0 Å². The number of hydrogen-bond donors (Lipinski definition) is 0. The van der Waals surface area contributed by atoms with E-state index in [1.807, 2.05) is 79.7 Å². The zero-order valence-corrected chi connectivity index (χ0v) is 19.4. The van der Waals surface area contributed by atoms with Crippen molar-refractivity contribution in [3.63, 3.8) is 0 Å². The second-order valence-electron chi connectivity index (χ2n) is 7.52. The molecule has 0 aliphatic heterocycles. The van der Waals surface area contributed by atoms with Gasteiger partial charge < -0.3 is 9.53 Å². The predicted octanol–water partition coefficient (Wildman–Crippen LogP) is 6.57. The third kappa shape index (κ3) is 5.20. The number of thioether (sulfide) groups is 1. The summed E-state index contributed by atoms with van der Waals surface area (Å²) in [4.78, 5) is 26.9. The Balaban J connectivity index is 2.30. The smallest absolute Gasteiger partial charge is 0.327 e. The molecule has 3 aromatic carbocycles. The number of ether oxygens (including phenoxy) is 1.